The minimum absolute atomic E-state index is 0.0371. The number of thiol groups is 1. The van der Waals surface area contributed by atoms with Crippen molar-refractivity contribution in [1.29, 1.82) is 0 Å². The minimum atomic E-state index is -1.24. The van der Waals surface area contributed by atoms with Gasteiger partial charge in [-0.05, 0) is 24.3 Å². The SMILES string of the molecule is CC(C)C(N)C(=O)NC(CS)C(=O)NC(Cc1ccccc1)C(=O)NC(CCCN=C(N)N)C(=O)O. The molecule has 0 radical (unpaired) electrons. The number of carbonyl (C=O) groups is 4. The van der Waals surface area contributed by atoms with Crippen molar-refractivity contribution in [2.24, 2.45) is 28.1 Å². The van der Waals surface area contributed by atoms with Crippen molar-refractivity contribution in [3.63, 3.8) is 0 Å². The van der Waals surface area contributed by atoms with E-state index in [1.54, 1.807) is 44.2 Å². The zero-order valence-corrected chi connectivity index (χ0v) is 21.4. The number of hydrogen-bond donors (Lipinski definition) is 8. The summed E-state index contributed by atoms with van der Waals surface area (Å²) in [6.45, 7) is 3.75. The van der Waals surface area contributed by atoms with Crippen LogP contribution in [0.2, 0.25) is 0 Å². The molecule has 12 nitrogen and oxygen atoms in total. The molecule has 0 saturated carbocycles. The molecule has 4 unspecified atom stereocenters. The average molecular weight is 524 g/mol. The first-order valence-corrected chi connectivity index (χ1v) is 12.2. The number of aliphatic carboxylic acids is 1. The molecular formula is C23H37N7O5S. The highest BCUT2D eigenvalue weighted by molar-refractivity contribution is 7.80. The number of guanidine groups is 1. The zero-order chi connectivity index (χ0) is 27.3. The van der Waals surface area contributed by atoms with Crippen LogP contribution in [0.5, 0.6) is 0 Å². The second-order valence-electron chi connectivity index (χ2n) is 8.61. The van der Waals surface area contributed by atoms with E-state index in [1.807, 2.05) is 0 Å². The number of aliphatic imine (C=N–C) groups is 1. The number of carbonyl (C=O) groups excluding carboxylic acids is 3. The van der Waals surface area contributed by atoms with Crippen LogP contribution in [0.25, 0.3) is 0 Å². The highest BCUT2D eigenvalue weighted by atomic mass is 32.1. The Morgan fingerprint density at radius 3 is 2.03 bits per heavy atom. The molecule has 0 heterocycles. The lowest BCUT2D eigenvalue weighted by Crippen LogP contribution is -2.58. The Morgan fingerprint density at radius 2 is 1.50 bits per heavy atom. The van der Waals surface area contributed by atoms with E-state index in [0.29, 0.717) is 6.42 Å². The number of carboxylic acid groups (broad SMARTS) is 1. The first kappa shape index (κ1) is 30.7. The van der Waals surface area contributed by atoms with E-state index in [0.717, 1.165) is 5.56 Å². The third-order valence-electron chi connectivity index (χ3n) is 5.31. The van der Waals surface area contributed by atoms with Crippen LogP contribution < -0.4 is 33.2 Å². The van der Waals surface area contributed by atoms with Gasteiger partial charge >= 0.3 is 5.97 Å². The number of rotatable bonds is 15. The Morgan fingerprint density at radius 1 is 0.944 bits per heavy atom. The third-order valence-corrected chi connectivity index (χ3v) is 5.68. The molecular weight excluding hydrogens is 486 g/mol. The summed E-state index contributed by atoms with van der Waals surface area (Å²) in [5.41, 5.74) is 17.1. The lowest BCUT2D eigenvalue weighted by atomic mass is 10.0. The maximum Gasteiger partial charge on any atom is 0.326 e. The van der Waals surface area contributed by atoms with E-state index < -0.39 is 47.9 Å². The molecule has 1 aromatic rings. The number of amides is 3. The van der Waals surface area contributed by atoms with Gasteiger partial charge in [0.1, 0.15) is 18.1 Å². The van der Waals surface area contributed by atoms with Gasteiger partial charge in [-0.25, -0.2) is 4.79 Å². The molecule has 0 aromatic heterocycles. The van der Waals surface area contributed by atoms with Crippen molar-refractivity contribution in [3.05, 3.63) is 35.9 Å². The second kappa shape index (κ2) is 15.6. The average Bonchev–Trinajstić information content (AvgIpc) is 2.83. The van der Waals surface area contributed by atoms with E-state index in [2.05, 4.69) is 33.6 Å². The van der Waals surface area contributed by atoms with Crippen molar-refractivity contribution < 1.29 is 24.3 Å². The quantitative estimate of drug-likeness (QED) is 0.0599. The Bertz CT molecular complexity index is 909. The van der Waals surface area contributed by atoms with Crippen LogP contribution in [0.3, 0.4) is 0 Å². The smallest absolute Gasteiger partial charge is 0.326 e. The molecule has 0 spiro atoms. The lowest BCUT2D eigenvalue weighted by Gasteiger charge is -2.25. The first-order chi connectivity index (χ1) is 17.0. The van der Waals surface area contributed by atoms with Gasteiger partial charge in [-0.3, -0.25) is 19.4 Å². The maximum atomic E-state index is 13.1. The van der Waals surface area contributed by atoms with Crippen LogP contribution in [-0.4, -0.2) is 71.2 Å². The molecule has 13 heteroatoms. The molecule has 1 rings (SSSR count). The summed E-state index contributed by atoms with van der Waals surface area (Å²) in [5, 5.41) is 17.2. The molecule has 0 fully saturated rings. The summed E-state index contributed by atoms with van der Waals surface area (Å²) in [4.78, 5) is 53.9. The van der Waals surface area contributed by atoms with Crippen molar-refractivity contribution >= 4 is 42.3 Å². The van der Waals surface area contributed by atoms with Gasteiger partial charge in [0.15, 0.2) is 5.96 Å². The molecule has 0 aliphatic rings. The van der Waals surface area contributed by atoms with Crippen LogP contribution in [0.1, 0.15) is 32.3 Å². The summed E-state index contributed by atoms with van der Waals surface area (Å²) >= 11 is 4.14. The summed E-state index contributed by atoms with van der Waals surface area (Å²) in [7, 11) is 0. The molecule has 0 saturated heterocycles. The second-order valence-corrected chi connectivity index (χ2v) is 8.98. The van der Waals surface area contributed by atoms with E-state index in [1.165, 1.54) is 0 Å². The fourth-order valence-electron chi connectivity index (χ4n) is 3.13. The summed E-state index contributed by atoms with van der Waals surface area (Å²) in [5.74, 6) is -3.39. The van der Waals surface area contributed by atoms with Gasteiger partial charge in [0.25, 0.3) is 0 Å². The third kappa shape index (κ3) is 11.0. The minimum Gasteiger partial charge on any atom is -0.480 e. The Hall–Kier alpha value is -3.32. The molecule has 1 aromatic carbocycles. The Labute approximate surface area is 216 Å². The number of nitrogens with zero attached hydrogens (tertiary/aromatic N) is 1. The standard InChI is InChI=1S/C23H37N7O5S/c1-13(2)18(24)21(33)30-17(12-36)20(32)29-16(11-14-7-4-3-5-8-14)19(31)28-15(22(34)35)9-6-10-27-23(25)26/h3-5,7-8,13,15-18,36H,6,9-12,24H2,1-2H3,(H,28,31)(H,29,32)(H,30,33)(H,34,35)(H4,25,26,27). The number of hydrogen-bond acceptors (Lipinski definition) is 7. The normalized spacial score (nSPS) is 14.1. The van der Waals surface area contributed by atoms with Crippen LogP contribution in [-0.2, 0) is 25.6 Å². The lowest BCUT2D eigenvalue weighted by molar-refractivity contribution is -0.142. The number of carboxylic acids is 1. The summed E-state index contributed by atoms with van der Waals surface area (Å²) in [6.07, 6.45) is 0.485. The summed E-state index contributed by atoms with van der Waals surface area (Å²) in [6, 6.07) is 4.71. The monoisotopic (exact) mass is 523 g/mol. The molecule has 10 N–H and O–H groups in total. The van der Waals surface area contributed by atoms with Gasteiger partial charge < -0.3 is 38.3 Å². The van der Waals surface area contributed by atoms with Crippen LogP contribution in [0, 0.1) is 5.92 Å². The van der Waals surface area contributed by atoms with E-state index in [4.69, 9.17) is 17.2 Å². The van der Waals surface area contributed by atoms with Crippen molar-refractivity contribution in [2.75, 3.05) is 12.3 Å². The highest BCUT2D eigenvalue weighted by Crippen LogP contribution is 2.07. The van der Waals surface area contributed by atoms with Crippen LogP contribution in [0.4, 0.5) is 0 Å². The topological polar surface area (TPSA) is 215 Å². The first-order valence-electron chi connectivity index (χ1n) is 11.6. The van der Waals surface area contributed by atoms with E-state index in [-0.39, 0.29) is 37.0 Å². The van der Waals surface area contributed by atoms with Gasteiger partial charge in [-0.2, -0.15) is 12.6 Å². The molecule has 36 heavy (non-hydrogen) atoms. The number of nitrogens with one attached hydrogen (secondary N) is 3. The summed E-state index contributed by atoms with van der Waals surface area (Å²) < 4.78 is 0. The molecule has 0 bridgehead atoms. The molecule has 0 aliphatic heterocycles. The molecule has 200 valence electrons. The van der Waals surface area contributed by atoms with Crippen LogP contribution >= 0.6 is 12.6 Å². The van der Waals surface area contributed by atoms with Crippen molar-refractivity contribution in [3.8, 4) is 0 Å². The van der Waals surface area contributed by atoms with Crippen LogP contribution in [0.15, 0.2) is 35.3 Å². The van der Waals surface area contributed by atoms with Gasteiger partial charge in [-0.15, -0.1) is 0 Å². The molecule has 3 amide bonds. The van der Waals surface area contributed by atoms with Crippen molar-refractivity contribution in [2.45, 2.75) is 57.3 Å². The van der Waals surface area contributed by atoms with Crippen molar-refractivity contribution in [1.82, 2.24) is 16.0 Å². The van der Waals surface area contributed by atoms with Gasteiger partial charge in [0.2, 0.25) is 17.7 Å². The Balaban J connectivity index is 2.99. The fourth-order valence-corrected chi connectivity index (χ4v) is 3.39. The van der Waals surface area contributed by atoms with Gasteiger partial charge in [-0.1, -0.05) is 44.2 Å². The predicted octanol–water partition coefficient (Wildman–Crippen LogP) is -1.27. The maximum absolute atomic E-state index is 13.1. The van der Waals surface area contributed by atoms with E-state index >= 15 is 0 Å². The highest BCUT2D eigenvalue weighted by Gasteiger charge is 2.30. The Kier molecular flexibility index (Phi) is 13.3. The van der Waals surface area contributed by atoms with Gasteiger partial charge in [0.05, 0.1) is 6.04 Å². The fraction of sp³-hybridized carbons (Fsp3) is 0.522. The number of benzene rings is 1. The van der Waals surface area contributed by atoms with Gasteiger partial charge in [0, 0.05) is 18.7 Å². The largest absolute Gasteiger partial charge is 0.480 e. The molecule has 0 aliphatic carbocycles. The van der Waals surface area contributed by atoms with E-state index in [9.17, 15) is 24.3 Å². The predicted molar refractivity (Wildman–Crippen MR) is 140 cm³/mol. The number of nitrogens with two attached hydrogens (primary N) is 3. The zero-order valence-electron chi connectivity index (χ0n) is 20.5. The molecule has 4 atom stereocenters.